The van der Waals surface area contributed by atoms with Crippen molar-refractivity contribution in [2.24, 2.45) is 11.3 Å². The average Bonchev–Trinajstić information content (AvgIpc) is 3.46. The molecule has 0 radical (unpaired) electrons. The van der Waals surface area contributed by atoms with Gasteiger partial charge in [0.2, 0.25) is 0 Å². The Hall–Kier alpha value is -1.60. The van der Waals surface area contributed by atoms with E-state index in [1.54, 1.807) is 0 Å². The highest BCUT2D eigenvalue weighted by atomic mass is 15.0. The molecule has 1 heteroatoms. The number of hydrogen-bond acceptors (Lipinski definition) is 1. The standard InChI is InChI=1S/C45H79N/c1-5-7-9-11-13-15-17-19-21-23-25-27-29-31-33-35-39-45(41-37-44(43-45)38-42-46(3)4)40-36-34-32-30-28-26-24-22-20-18-16-14-12-10-8-6-2/h13-16,19-22,25-28,44H,5-12,17-18,23-24,29-43H2,1-4H3/b15-13-,16-14-,21-19-,22-20-,27-25-,28-26-. The summed E-state index contributed by atoms with van der Waals surface area (Å²) >= 11 is 0. The van der Waals surface area contributed by atoms with Crippen LogP contribution in [-0.2, 0) is 0 Å². The maximum absolute atomic E-state index is 2.42. The molecule has 0 aromatic heterocycles. The Morgan fingerprint density at radius 1 is 0.500 bits per heavy atom. The summed E-state index contributed by atoms with van der Waals surface area (Å²) in [6.07, 6.45) is 62.8. The Morgan fingerprint density at radius 3 is 1.28 bits per heavy atom. The van der Waals surface area contributed by atoms with Crippen molar-refractivity contribution in [2.75, 3.05) is 20.6 Å². The van der Waals surface area contributed by atoms with E-state index in [0.29, 0.717) is 5.41 Å². The summed E-state index contributed by atoms with van der Waals surface area (Å²) < 4.78 is 0. The minimum Gasteiger partial charge on any atom is -0.309 e. The smallest absolute Gasteiger partial charge is 0.00222 e. The quantitative estimate of drug-likeness (QED) is 0.0542. The Morgan fingerprint density at radius 2 is 0.891 bits per heavy atom. The highest BCUT2D eigenvalue weighted by Crippen LogP contribution is 2.50. The van der Waals surface area contributed by atoms with Crippen LogP contribution in [0.3, 0.4) is 0 Å². The van der Waals surface area contributed by atoms with Crippen molar-refractivity contribution in [3.05, 3.63) is 72.9 Å². The van der Waals surface area contributed by atoms with Crippen molar-refractivity contribution in [2.45, 2.75) is 181 Å². The molecular formula is C45H79N. The number of rotatable bonds is 31. The van der Waals surface area contributed by atoms with Crippen LogP contribution in [0, 0.1) is 11.3 Å². The molecule has 0 amide bonds. The van der Waals surface area contributed by atoms with Crippen molar-refractivity contribution >= 4 is 0 Å². The fourth-order valence-corrected chi connectivity index (χ4v) is 7.05. The van der Waals surface area contributed by atoms with Gasteiger partial charge in [-0.1, -0.05) is 138 Å². The molecule has 0 saturated heterocycles. The van der Waals surface area contributed by atoms with Crippen LogP contribution in [0.4, 0.5) is 0 Å². The monoisotopic (exact) mass is 634 g/mol. The van der Waals surface area contributed by atoms with E-state index < -0.39 is 0 Å². The molecule has 1 unspecified atom stereocenters. The van der Waals surface area contributed by atoms with Gasteiger partial charge in [0.1, 0.15) is 0 Å². The second-order valence-corrected chi connectivity index (χ2v) is 14.7. The third-order valence-corrected chi connectivity index (χ3v) is 9.98. The van der Waals surface area contributed by atoms with Crippen LogP contribution < -0.4 is 0 Å². The van der Waals surface area contributed by atoms with Gasteiger partial charge in [-0.15, -0.1) is 0 Å². The van der Waals surface area contributed by atoms with E-state index in [1.165, 1.54) is 148 Å². The first kappa shape index (κ1) is 42.4. The van der Waals surface area contributed by atoms with Crippen LogP contribution in [0.25, 0.3) is 0 Å². The molecule has 1 atom stereocenters. The van der Waals surface area contributed by atoms with Crippen LogP contribution >= 0.6 is 0 Å². The van der Waals surface area contributed by atoms with E-state index in [9.17, 15) is 0 Å². The van der Waals surface area contributed by atoms with Crippen molar-refractivity contribution in [3.63, 3.8) is 0 Å². The summed E-state index contributed by atoms with van der Waals surface area (Å²) in [6.45, 7) is 5.80. The van der Waals surface area contributed by atoms with Crippen molar-refractivity contribution in [3.8, 4) is 0 Å². The number of unbranched alkanes of at least 4 members (excludes halogenated alkanes) is 12. The number of hydrogen-bond donors (Lipinski definition) is 0. The van der Waals surface area contributed by atoms with Gasteiger partial charge < -0.3 is 4.90 Å². The van der Waals surface area contributed by atoms with Crippen molar-refractivity contribution in [1.82, 2.24) is 4.90 Å². The van der Waals surface area contributed by atoms with Gasteiger partial charge in [0.25, 0.3) is 0 Å². The third-order valence-electron chi connectivity index (χ3n) is 9.98. The van der Waals surface area contributed by atoms with Gasteiger partial charge in [-0.25, -0.2) is 0 Å². The van der Waals surface area contributed by atoms with E-state index in [-0.39, 0.29) is 0 Å². The zero-order valence-corrected chi connectivity index (χ0v) is 31.5. The summed E-state index contributed by atoms with van der Waals surface area (Å²) in [6, 6.07) is 0. The molecular weight excluding hydrogens is 555 g/mol. The van der Waals surface area contributed by atoms with Gasteiger partial charge in [0.15, 0.2) is 0 Å². The molecule has 1 aliphatic rings. The van der Waals surface area contributed by atoms with E-state index in [0.717, 1.165) is 31.6 Å². The predicted molar refractivity (Wildman–Crippen MR) is 211 cm³/mol. The zero-order chi connectivity index (χ0) is 33.2. The van der Waals surface area contributed by atoms with Crippen LogP contribution in [0.15, 0.2) is 72.9 Å². The second-order valence-electron chi connectivity index (χ2n) is 14.7. The molecule has 1 fully saturated rings. The minimum atomic E-state index is 0.646. The lowest BCUT2D eigenvalue weighted by atomic mass is 9.75. The van der Waals surface area contributed by atoms with Crippen molar-refractivity contribution < 1.29 is 0 Å². The molecule has 1 saturated carbocycles. The first-order valence-corrected chi connectivity index (χ1v) is 20.2. The van der Waals surface area contributed by atoms with Gasteiger partial charge in [0, 0.05) is 0 Å². The molecule has 0 bridgehead atoms. The fourth-order valence-electron chi connectivity index (χ4n) is 7.05. The van der Waals surface area contributed by atoms with Gasteiger partial charge in [-0.3, -0.25) is 0 Å². The lowest BCUT2D eigenvalue weighted by Gasteiger charge is -2.30. The lowest BCUT2D eigenvalue weighted by Crippen LogP contribution is -2.19. The van der Waals surface area contributed by atoms with E-state index >= 15 is 0 Å². The third kappa shape index (κ3) is 26.5. The molecule has 0 aliphatic heterocycles. The maximum Gasteiger partial charge on any atom is -0.00222 e. The molecule has 1 aliphatic carbocycles. The molecule has 1 rings (SSSR count). The van der Waals surface area contributed by atoms with Crippen LogP contribution in [0.5, 0.6) is 0 Å². The van der Waals surface area contributed by atoms with Gasteiger partial charge in [-0.2, -0.15) is 0 Å². The fraction of sp³-hybridized carbons (Fsp3) is 0.733. The van der Waals surface area contributed by atoms with Gasteiger partial charge >= 0.3 is 0 Å². The molecule has 46 heavy (non-hydrogen) atoms. The molecule has 0 N–H and O–H groups in total. The van der Waals surface area contributed by atoms with Gasteiger partial charge in [0.05, 0.1) is 0 Å². The molecule has 0 heterocycles. The van der Waals surface area contributed by atoms with Gasteiger partial charge in [-0.05, 0) is 148 Å². The Balaban J connectivity index is 2.24. The zero-order valence-electron chi connectivity index (χ0n) is 31.5. The number of nitrogens with zero attached hydrogens (tertiary/aromatic N) is 1. The highest BCUT2D eigenvalue weighted by Gasteiger charge is 2.37. The Labute approximate surface area is 289 Å². The molecule has 264 valence electrons. The molecule has 0 aromatic rings. The normalized spacial score (nSPS) is 17.3. The Bertz CT molecular complexity index is 768. The van der Waals surface area contributed by atoms with Crippen LogP contribution in [0.1, 0.15) is 181 Å². The molecule has 0 aromatic carbocycles. The molecule has 1 nitrogen and oxygen atoms in total. The highest BCUT2D eigenvalue weighted by molar-refractivity contribution is 4.98. The Kier molecular flexibility index (Phi) is 29.5. The summed E-state index contributed by atoms with van der Waals surface area (Å²) in [5, 5.41) is 0. The predicted octanol–water partition coefficient (Wildman–Crippen LogP) is 14.7. The van der Waals surface area contributed by atoms with E-state index in [2.05, 4.69) is 106 Å². The number of allylic oxidation sites excluding steroid dienone is 12. The second kappa shape index (κ2) is 32.0. The largest absolute Gasteiger partial charge is 0.309 e. The average molecular weight is 634 g/mol. The minimum absolute atomic E-state index is 0.646. The van der Waals surface area contributed by atoms with Crippen LogP contribution in [0.2, 0.25) is 0 Å². The summed E-state index contributed by atoms with van der Waals surface area (Å²) in [7, 11) is 4.47. The van der Waals surface area contributed by atoms with Crippen molar-refractivity contribution in [1.29, 1.82) is 0 Å². The summed E-state index contributed by atoms with van der Waals surface area (Å²) in [4.78, 5) is 2.38. The van der Waals surface area contributed by atoms with E-state index in [4.69, 9.17) is 0 Å². The maximum atomic E-state index is 2.42. The topological polar surface area (TPSA) is 3.24 Å². The first-order valence-electron chi connectivity index (χ1n) is 20.2. The molecule has 0 spiro atoms. The first-order chi connectivity index (χ1) is 22.6. The summed E-state index contributed by atoms with van der Waals surface area (Å²) in [5.41, 5.74) is 0.646. The van der Waals surface area contributed by atoms with Crippen LogP contribution in [-0.4, -0.2) is 25.5 Å². The van der Waals surface area contributed by atoms with E-state index in [1.807, 2.05) is 0 Å². The summed E-state index contributed by atoms with van der Waals surface area (Å²) in [5.74, 6) is 0.961. The SMILES string of the molecule is CCCCC/C=C\C/C=C\C/C=C\CCCCCC1(CCCCC/C=C\C/C=C\C/C=C\CCCCC)CCC(CCN(C)C)C1. The lowest BCUT2D eigenvalue weighted by molar-refractivity contribution is 0.216.